The van der Waals surface area contributed by atoms with Crippen LogP contribution in [0.3, 0.4) is 0 Å². The molecule has 0 radical (unpaired) electrons. The molecule has 0 rings (SSSR count). The molecule has 0 heterocycles. The van der Waals surface area contributed by atoms with Crippen molar-refractivity contribution in [2.75, 3.05) is 6.54 Å². The molecule has 5 heteroatoms. The molecule has 0 spiro atoms. The fraction of sp³-hybridized carbons (Fsp3) is 0.818. The van der Waals surface area contributed by atoms with Crippen molar-refractivity contribution in [2.24, 2.45) is 5.73 Å². The molecule has 1 atom stereocenters. The highest BCUT2D eigenvalue weighted by Crippen LogP contribution is 2.06. The second-order valence-electron chi connectivity index (χ2n) is 4.16. The van der Waals surface area contributed by atoms with Crippen molar-refractivity contribution in [2.45, 2.75) is 52.1 Å². The monoisotopic (exact) mass is 230 g/mol. The molecule has 94 valence electrons. The molecule has 0 aliphatic heterocycles. The van der Waals surface area contributed by atoms with Crippen LogP contribution in [0.4, 0.5) is 0 Å². The standard InChI is InChI=1S/C11H22N2O3/c1-4-5-9(12)11(16)13(8(2)3)7-6-10(14)15/h8-9H,4-7,12H2,1-3H3,(H,14,15)/t9-/m1/s1. The van der Waals surface area contributed by atoms with Gasteiger partial charge in [-0.15, -0.1) is 0 Å². The van der Waals surface area contributed by atoms with Crippen LogP contribution in [0, 0.1) is 0 Å². The average Bonchev–Trinajstić information content (AvgIpc) is 2.17. The quantitative estimate of drug-likeness (QED) is 0.678. The number of carboxylic acid groups (broad SMARTS) is 1. The molecule has 0 saturated carbocycles. The molecule has 0 unspecified atom stereocenters. The molecular weight excluding hydrogens is 208 g/mol. The maximum absolute atomic E-state index is 11.9. The van der Waals surface area contributed by atoms with Crippen molar-refractivity contribution in [1.82, 2.24) is 4.90 Å². The minimum Gasteiger partial charge on any atom is -0.481 e. The van der Waals surface area contributed by atoms with Crippen LogP contribution in [0.2, 0.25) is 0 Å². The van der Waals surface area contributed by atoms with Crippen LogP contribution in [-0.2, 0) is 9.59 Å². The maximum atomic E-state index is 11.9. The molecule has 0 aromatic rings. The average molecular weight is 230 g/mol. The van der Waals surface area contributed by atoms with Crippen LogP contribution >= 0.6 is 0 Å². The topological polar surface area (TPSA) is 83.6 Å². The molecule has 16 heavy (non-hydrogen) atoms. The number of hydrogen-bond donors (Lipinski definition) is 2. The molecule has 0 aliphatic rings. The molecule has 0 bridgehead atoms. The van der Waals surface area contributed by atoms with Gasteiger partial charge in [0.1, 0.15) is 0 Å². The van der Waals surface area contributed by atoms with Gasteiger partial charge >= 0.3 is 5.97 Å². The number of nitrogens with two attached hydrogens (primary N) is 1. The van der Waals surface area contributed by atoms with E-state index in [9.17, 15) is 9.59 Å². The lowest BCUT2D eigenvalue weighted by Crippen LogP contribution is -2.47. The Labute approximate surface area is 96.6 Å². The van der Waals surface area contributed by atoms with Crippen molar-refractivity contribution < 1.29 is 14.7 Å². The number of rotatable bonds is 7. The third kappa shape index (κ3) is 5.11. The first-order valence-electron chi connectivity index (χ1n) is 5.68. The summed E-state index contributed by atoms with van der Waals surface area (Å²) in [7, 11) is 0. The molecule has 0 saturated heterocycles. The summed E-state index contributed by atoms with van der Waals surface area (Å²) >= 11 is 0. The number of carboxylic acids is 1. The second-order valence-corrected chi connectivity index (χ2v) is 4.16. The van der Waals surface area contributed by atoms with Gasteiger partial charge < -0.3 is 15.7 Å². The van der Waals surface area contributed by atoms with Crippen LogP contribution in [0.25, 0.3) is 0 Å². The van der Waals surface area contributed by atoms with Crippen LogP contribution in [-0.4, -0.2) is 40.5 Å². The largest absolute Gasteiger partial charge is 0.481 e. The summed E-state index contributed by atoms with van der Waals surface area (Å²) < 4.78 is 0. The number of nitrogens with zero attached hydrogens (tertiary/aromatic N) is 1. The van der Waals surface area contributed by atoms with E-state index in [0.717, 1.165) is 6.42 Å². The predicted octanol–water partition coefficient (Wildman–Crippen LogP) is 0.826. The Hall–Kier alpha value is -1.10. The van der Waals surface area contributed by atoms with Crippen LogP contribution in [0.15, 0.2) is 0 Å². The normalized spacial score (nSPS) is 12.6. The van der Waals surface area contributed by atoms with Crippen LogP contribution < -0.4 is 5.73 Å². The van der Waals surface area contributed by atoms with Crippen molar-refractivity contribution in [1.29, 1.82) is 0 Å². The van der Waals surface area contributed by atoms with E-state index in [2.05, 4.69) is 0 Å². The molecule has 0 aliphatic carbocycles. The summed E-state index contributed by atoms with van der Waals surface area (Å²) in [6.45, 7) is 5.91. The molecule has 3 N–H and O–H groups in total. The molecule has 0 fully saturated rings. The van der Waals surface area contributed by atoms with E-state index in [0.29, 0.717) is 6.42 Å². The number of carbonyl (C=O) groups excluding carboxylic acids is 1. The van der Waals surface area contributed by atoms with Gasteiger partial charge in [0, 0.05) is 12.6 Å². The van der Waals surface area contributed by atoms with E-state index in [-0.39, 0.29) is 24.9 Å². The van der Waals surface area contributed by atoms with Gasteiger partial charge in [0.15, 0.2) is 0 Å². The lowest BCUT2D eigenvalue weighted by molar-refractivity contribution is -0.139. The van der Waals surface area contributed by atoms with E-state index in [4.69, 9.17) is 10.8 Å². The number of aliphatic carboxylic acids is 1. The summed E-state index contributed by atoms with van der Waals surface area (Å²) in [5.41, 5.74) is 5.73. The summed E-state index contributed by atoms with van der Waals surface area (Å²) in [6.07, 6.45) is 1.44. The lowest BCUT2D eigenvalue weighted by atomic mass is 10.1. The first-order chi connectivity index (χ1) is 7.40. The summed E-state index contributed by atoms with van der Waals surface area (Å²) in [5.74, 6) is -1.05. The smallest absolute Gasteiger partial charge is 0.305 e. The minimum absolute atomic E-state index is 0.0187. The van der Waals surface area contributed by atoms with Crippen LogP contribution in [0.1, 0.15) is 40.0 Å². The summed E-state index contributed by atoms with van der Waals surface area (Å²) in [5, 5.41) is 8.60. The van der Waals surface area contributed by atoms with E-state index < -0.39 is 12.0 Å². The third-order valence-electron chi connectivity index (χ3n) is 2.39. The van der Waals surface area contributed by atoms with E-state index in [1.165, 1.54) is 4.90 Å². The molecular formula is C11H22N2O3. The van der Waals surface area contributed by atoms with Crippen LogP contribution in [0.5, 0.6) is 0 Å². The summed E-state index contributed by atoms with van der Waals surface area (Å²) in [6, 6.07) is -0.532. The zero-order valence-corrected chi connectivity index (χ0v) is 10.3. The highest BCUT2D eigenvalue weighted by atomic mass is 16.4. The number of amides is 1. The van der Waals surface area contributed by atoms with Crippen molar-refractivity contribution in [3.63, 3.8) is 0 Å². The first-order valence-corrected chi connectivity index (χ1v) is 5.68. The third-order valence-corrected chi connectivity index (χ3v) is 2.39. The van der Waals surface area contributed by atoms with E-state index in [1.54, 1.807) is 0 Å². The van der Waals surface area contributed by atoms with Crippen molar-refractivity contribution >= 4 is 11.9 Å². The predicted molar refractivity (Wildman–Crippen MR) is 62.0 cm³/mol. The number of hydrogen-bond acceptors (Lipinski definition) is 3. The zero-order chi connectivity index (χ0) is 12.7. The van der Waals surface area contributed by atoms with Gasteiger partial charge in [-0.3, -0.25) is 9.59 Å². The lowest BCUT2D eigenvalue weighted by Gasteiger charge is -2.28. The molecule has 0 aromatic carbocycles. The molecule has 1 amide bonds. The zero-order valence-electron chi connectivity index (χ0n) is 10.3. The van der Waals surface area contributed by atoms with Gasteiger partial charge in [-0.25, -0.2) is 0 Å². The van der Waals surface area contributed by atoms with E-state index >= 15 is 0 Å². The molecule has 0 aromatic heterocycles. The Balaban J connectivity index is 4.40. The Morgan fingerprint density at radius 1 is 1.38 bits per heavy atom. The summed E-state index contributed by atoms with van der Waals surface area (Å²) in [4.78, 5) is 23.9. The maximum Gasteiger partial charge on any atom is 0.305 e. The van der Waals surface area contributed by atoms with Gasteiger partial charge in [0.05, 0.1) is 12.5 Å². The SMILES string of the molecule is CCC[C@@H](N)C(=O)N(CCC(=O)O)C(C)C. The van der Waals surface area contributed by atoms with Gasteiger partial charge in [-0.1, -0.05) is 13.3 Å². The second kappa shape index (κ2) is 7.22. The number of carbonyl (C=O) groups is 2. The Morgan fingerprint density at radius 2 is 1.94 bits per heavy atom. The highest BCUT2D eigenvalue weighted by molar-refractivity contribution is 5.82. The van der Waals surface area contributed by atoms with Crippen molar-refractivity contribution in [3.05, 3.63) is 0 Å². The Bertz CT molecular complexity index is 241. The Morgan fingerprint density at radius 3 is 2.31 bits per heavy atom. The van der Waals surface area contributed by atoms with Gasteiger partial charge in [0.2, 0.25) is 5.91 Å². The Kier molecular flexibility index (Phi) is 6.72. The fourth-order valence-corrected chi connectivity index (χ4v) is 1.49. The highest BCUT2D eigenvalue weighted by Gasteiger charge is 2.22. The van der Waals surface area contributed by atoms with Gasteiger partial charge in [0.25, 0.3) is 0 Å². The first kappa shape index (κ1) is 14.9. The minimum atomic E-state index is -0.900. The van der Waals surface area contributed by atoms with Crippen molar-refractivity contribution in [3.8, 4) is 0 Å². The van der Waals surface area contributed by atoms with Gasteiger partial charge in [-0.05, 0) is 20.3 Å². The van der Waals surface area contributed by atoms with E-state index in [1.807, 2.05) is 20.8 Å². The molecule has 5 nitrogen and oxygen atoms in total. The van der Waals surface area contributed by atoms with Gasteiger partial charge in [-0.2, -0.15) is 0 Å². The fourth-order valence-electron chi connectivity index (χ4n) is 1.49.